The van der Waals surface area contributed by atoms with Crippen molar-refractivity contribution in [2.75, 3.05) is 40.6 Å². The Morgan fingerprint density at radius 3 is 2.57 bits per heavy atom. The molecule has 1 rings (SSSR count). The van der Waals surface area contributed by atoms with Crippen LogP contribution in [0.2, 0.25) is 0 Å². The quantitative estimate of drug-likeness (QED) is 0.524. The predicted octanol–water partition coefficient (Wildman–Crippen LogP) is 1.83. The first kappa shape index (κ1) is 17.0. The van der Waals surface area contributed by atoms with Gasteiger partial charge in [0.2, 0.25) is 0 Å². The van der Waals surface area contributed by atoms with Crippen molar-refractivity contribution in [3.8, 4) is 11.5 Å². The number of carbonyl (C=O) groups is 1. The van der Waals surface area contributed by atoms with Gasteiger partial charge in [0.1, 0.15) is 6.61 Å². The largest absolute Gasteiger partial charge is 0.493 e. The van der Waals surface area contributed by atoms with Crippen LogP contribution >= 0.6 is 0 Å². The molecule has 21 heavy (non-hydrogen) atoms. The van der Waals surface area contributed by atoms with Gasteiger partial charge in [-0.1, -0.05) is 6.07 Å². The average molecular weight is 296 g/mol. The van der Waals surface area contributed by atoms with E-state index in [1.165, 1.54) is 6.08 Å². The smallest absolute Gasteiger partial charge is 0.328 e. The van der Waals surface area contributed by atoms with E-state index >= 15 is 0 Å². The number of carboxylic acids is 1. The topological polar surface area (TPSA) is 74.2 Å². The number of carboxylic acid groups (broad SMARTS) is 1. The van der Waals surface area contributed by atoms with Crippen LogP contribution in [-0.4, -0.2) is 51.7 Å². The minimum absolute atomic E-state index is 0.367. The van der Waals surface area contributed by atoms with Gasteiger partial charge in [0.15, 0.2) is 11.5 Å². The van der Waals surface area contributed by atoms with Gasteiger partial charge in [-0.3, -0.25) is 0 Å². The molecule has 0 atom stereocenters. The van der Waals surface area contributed by atoms with Crippen molar-refractivity contribution in [2.24, 2.45) is 0 Å². The van der Waals surface area contributed by atoms with E-state index in [4.69, 9.17) is 24.1 Å². The van der Waals surface area contributed by atoms with Crippen LogP contribution in [-0.2, 0) is 14.3 Å². The van der Waals surface area contributed by atoms with E-state index in [9.17, 15) is 4.79 Å². The van der Waals surface area contributed by atoms with Crippen molar-refractivity contribution in [3.05, 3.63) is 29.8 Å². The van der Waals surface area contributed by atoms with E-state index in [0.29, 0.717) is 43.5 Å². The molecule has 0 aromatic heterocycles. The van der Waals surface area contributed by atoms with Crippen LogP contribution in [0.3, 0.4) is 0 Å². The van der Waals surface area contributed by atoms with Gasteiger partial charge in [-0.2, -0.15) is 0 Å². The highest BCUT2D eigenvalue weighted by atomic mass is 16.5. The lowest BCUT2D eigenvalue weighted by Crippen LogP contribution is -2.10. The van der Waals surface area contributed by atoms with Gasteiger partial charge >= 0.3 is 5.97 Å². The van der Waals surface area contributed by atoms with Crippen LogP contribution in [0.25, 0.3) is 6.08 Å². The van der Waals surface area contributed by atoms with Crippen molar-refractivity contribution < 1.29 is 28.8 Å². The first-order valence-corrected chi connectivity index (χ1v) is 6.46. The van der Waals surface area contributed by atoms with E-state index in [-0.39, 0.29) is 0 Å². The Kier molecular flexibility index (Phi) is 7.93. The molecule has 116 valence electrons. The van der Waals surface area contributed by atoms with Crippen molar-refractivity contribution in [2.45, 2.75) is 0 Å². The fourth-order valence-corrected chi connectivity index (χ4v) is 1.53. The SMILES string of the molecule is COCCOCCOc1cc(C=CC(=O)O)ccc1OC. The summed E-state index contributed by atoms with van der Waals surface area (Å²) in [6.45, 7) is 1.85. The predicted molar refractivity (Wildman–Crippen MR) is 77.9 cm³/mol. The minimum atomic E-state index is -1.00. The summed E-state index contributed by atoms with van der Waals surface area (Å²) < 4.78 is 20.9. The second-order valence-electron chi connectivity index (χ2n) is 4.04. The molecule has 1 aromatic carbocycles. The summed E-state index contributed by atoms with van der Waals surface area (Å²) in [5.41, 5.74) is 0.716. The molecule has 0 aliphatic carbocycles. The van der Waals surface area contributed by atoms with Crippen molar-refractivity contribution in [1.29, 1.82) is 0 Å². The molecule has 0 fully saturated rings. The maximum atomic E-state index is 10.5. The Morgan fingerprint density at radius 2 is 1.90 bits per heavy atom. The summed E-state index contributed by atoms with van der Waals surface area (Å²) in [6.07, 6.45) is 2.56. The minimum Gasteiger partial charge on any atom is -0.493 e. The lowest BCUT2D eigenvalue weighted by atomic mass is 10.2. The van der Waals surface area contributed by atoms with Crippen molar-refractivity contribution in [3.63, 3.8) is 0 Å². The molecule has 0 unspecified atom stereocenters. The van der Waals surface area contributed by atoms with Gasteiger partial charge in [0.05, 0.1) is 26.9 Å². The first-order chi connectivity index (χ1) is 10.2. The van der Waals surface area contributed by atoms with Crippen molar-refractivity contribution >= 4 is 12.0 Å². The van der Waals surface area contributed by atoms with Gasteiger partial charge in [0, 0.05) is 13.2 Å². The fourth-order valence-electron chi connectivity index (χ4n) is 1.53. The maximum absolute atomic E-state index is 10.5. The number of methoxy groups -OCH3 is 2. The molecule has 0 aliphatic heterocycles. The van der Waals surface area contributed by atoms with E-state index in [2.05, 4.69) is 0 Å². The average Bonchev–Trinajstić information content (AvgIpc) is 2.48. The van der Waals surface area contributed by atoms with Crippen LogP contribution in [0.4, 0.5) is 0 Å². The highest BCUT2D eigenvalue weighted by Gasteiger charge is 2.05. The second-order valence-corrected chi connectivity index (χ2v) is 4.04. The van der Waals surface area contributed by atoms with E-state index < -0.39 is 5.97 Å². The van der Waals surface area contributed by atoms with Crippen LogP contribution in [0.1, 0.15) is 5.56 Å². The third-order valence-electron chi connectivity index (χ3n) is 2.52. The van der Waals surface area contributed by atoms with E-state index in [1.807, 2.05) is 0 Å². The maximum Gasteiger partial charge on any atom is 0.328 e. The number of hydrogen-bond donors (Lipinski definition) is 1. The molecule has 0 radical (unpaired) electrons. The molecule has 1 aromatic rings. The number of rotatable bonds is 10. The second kappa shape index (κ2) is 9.79. The van der Waals surface area contributed by atoms with E-state index in [1.54, 1.807) is 32.4 Å². The monoisotopic (exact) mass is 296 g/mol. The molecule has 0 saturated carbocycles. The molecule has 1 N–H and O–H groups in total. The summed E-state index contributed by atoms with van der Waals surface area (Å²) in [4.78, 5) is 10.5. The van der Waals surface area contributed by atoms with Crippen LogP contribution in [0, 0.1) is 0 Å². The lowest BCUT2D eigenvalue weighted by Gasteiger charge is -2.11. The highest BCUT2D eigenvalue weighted by Crippen LogP contribution is 2.28. The summed E-state index contributed by atoms with van der Waals surface area (Å²) in [5, 5.41) is 8.62. The first-order valence-electron chi connectivity index (χ1n) is 6.46. The molecular formula is C15H20O6. The molecule has 6 heteroatoms. The highest BCUT2D eigenvalue weighted by molar-refractivity contribution is 5.85. The Bertz CT molecular complexity index is 469. The Morgan fingerprint density at radius 1 is 1.14 bits per heavy atom. The third-order valence-corrected chi connectivity index (χ3v) is 2.52. The Balaban J connectivity index is 2.57. The molecular weight excluding hydrogens is 276 g/mol. The normalized spacial score (nSPS) is 10.8. The molecule has 0 heterocycles. The Hall–Kier alpha value is -2.05. The molecule has 6 nitrogen and oxygen atoms in total. The molecule has 0 saturated heterocycles. The van der Waals surface area contributed by atoms with Crippen molar-refractivity contribution in [1.82, 2.24) is 0 Å². The summed E-state index contributed by atoms with van der Waals surface area (Å²) in [7, 11) is 3.16. The van der Waals surface area contributed by atoms with E-state index in [0.717, 1.165) is 6.08 Å². The number of aliphatic carboxylic acids is 1. The summed E-state index contributed by atoms with van der Waals surface area (Å²) in [6, 6.07) is 5.19. The third kappa shape index (κ3) is 6.78. The molecule has 0 spiro atoms. The van der Waals surface area contributed by atoms with Crippen LogP contribution in [0.5, 0.6) is 11.5 Å². The zero-order valence-corrected chi connectivity index (χ0v) is 12.2. The van der Waals surface area contributed by atoms with Gasteiger partial charge in [-0.05, 0) is 23.8 Å². The Labute approximate surface area is 123 Å². The molecule has 0 aliphatic rings. The van der Waals surface area contributed by atoms with Crippen LogP contribution in [0.15, 0.2) is 24.3 Å². The number of benzene rings is 1. The van der Waals surface area contributed by atoms with Gasteiger partial charge < -0.3 is 24.1 Å². The fraction of sp³-hybridized carbons (Fsp3) is 0.400. The van der Waals surface area contributed by atoms with Gasteiger partial charge in [0.25, 0.3) is 0 Å². The summed E-state index contributed by atoms with van der Waals surface area (Å²) >= 11 is 0. The van der Waals surface area contributed by atoms with Crippen LogP contribution < -0.4 is 9.47 Å². The summed E-state index contributed by atoms with van der Waals surface area (Å²) in [5.74, 6) is 0.125. The van der Waals surface area contributed by atoms with Gasteiger partial charge in [-0.15, -0.1) is 0 Å². The standard InChI is InChI=1S/C15H20O6/c1-18-7-8-20-9-10-21-14-11-12(4-6-15(16)17)3-5-13(14)19-2/h3-6,11H,7-10H2,1-2H3,(H,16,17). The molecule has 0 amide bonds. The zero-order valence-electron chi connectivity index (χ0n) is 12.2. The zero-order chi connectivity index (χ0) is 15.5. The number of hydrogen-bond acceptors (Lipinski definition) is 5. The lowest BCUT2D eigenvalue weighted by molar-refractivity contribution is -0.131. The van der Waals surface area contributed by atoms with Gasteiger partial charge in [-0.25, -0.2) is 4.79 Å². The number of ether oxygens (including phenoxy) is 4. The molecule has 0 bridgehead atoms.